The monoisotopic (exact) mass is 237 g/mol. The van der Waals surface area contributed by atoms with E-state index in [-0.39, 0.29) is 0 Å². The lowest BCUT2D eigenvalue weighted by molar-refractivity contribution is 0.416. The number of aryl methyl sites for hydroxylation is 1. The first-order valence-electron chi connectivity index (χ1n) is 4.78. The maximum atomic E-state index is 6.07. The molecule has 0 radical (unpaired) electrons. The zero-order valence-corrected chi connectivity index (χ0v) is 9.80. The first-order chi connectivity index (χ1) is 7.63. The molecule has 1 heterocycles. The van der Waals surface area contributed by atoms with Crippen LogP contribution >= 0.6 is 11.6 Å². The molecule has 2 aromatic rings. The number of aromatic nitrogens is 2. The molecule has 3 N–H and O–H groups in total. The Labute approximate surface area is 98.4 Å². The molecule has 5 heteroatoms. The van der Waals surface area contributed by atoms with Gasteiger partial charge >= 0.3 is 0 Å². The van der Waals surface area contributed by atoms with Crippen molar-refractivity contribution in [3.63, 3.8) is 0 Å². The van der Waals surface area contributed by atoms with Crippen LogP contribution in [-0.2, 0) is 0 Å². The molecule has 0 spiro atoms. The van der Waals surface area contributed by atoms with Crippen molar-refractivity contribution >= 4 is 17.4 Å². The number of ether oxygens (including phenoxy) is 1. The first kappa shape index (κ1) is 10.8. The molecule has 0 saturated carbocycles. The van der Waals surface area contributed by atoms with Crippen molar-refractivity contribution in [1.29, 1.82) is 0 Å². The van der Waals surface area contributed by atoms with Crippen molar-refractivity contribution < 1.29 is 4.74 Å². The van der Waals surface area contributed by atoms with E-state index in [1.165, 1.54) is 0 Å². The Morgan fingerprint density at radius 1 is 1.44 bits per heavy atom. The number of nitrogens with one attached hydrogen (secondary N) is 1. The number of benzene rings is 1. The number of hydrogen-bond donors (Lipinski definition) is 2. The van der Waals surface area contributed by atoms with E-state index in [0.717, 1.165) is 16.8 Å². The number of anilines is 1. The Balaban J connectivity index is 2.67. The molecule has 16 heavy (non-hydrogen) atoms. The minimum Gasteiger partial charge on any atom is -0.494 e. The van der Waals surface area contributed by atoms with Crippen molar-refractivity contribution in [3.8, 4) is 17.0 Å². The number of nitrogens with zero attached hydrogens (tertiary/aromatic N) is 1. The van der Waals surface area contributed by atoms with Crippen molar-refractivity contribution in [2.45, 2.75) is 6.92 Å². The predicted molar refractivity (Wildman–Crippen MR) is 64.7 cm³/mol. The summed E-state index contributed by atoms with van der Waals surface area (Å²) in [6.45, 7) is 1.98. The number of rotatable bonds is 2. The van der Waals surface area contributed by atoms with E-state index in [0.29, 0.717) is 16.6 Å². The van der Waals surface area contributed by atoms with Gasteiger partial charge in [-0.2, -0.15) is 5.10 Å². The molecule has 0 saturated heterocycles. The normalized spacial score (nSPS) is 10.4. The summed E-state index contributed by atoms with van der Waals surface area (Å²) in [5, 5.41) is 7.31. The highest BCUT2D eigenvalue weighted by atomic mass is 35.5. The Kier molecular flexibility index (Phi) is 2.75. The van der Waals surface area contributed by atoms with Gasteiger partial charge in [0.25, 0.3) is 0 Å². The van der Waals surface area contributed by atoms with Crippen LogP contribution in [0.1, 0.15) is 5.56 Å². The van der Waals surface area contributed by atoms with Gasteiger partial charge in [0.05, 0.1) is 17.8 Å². The van der Waals surface area contributed by atoms with Gasteiger partial charge in [-0.25, -0.2) is 0 Å². The molecule has 1 aromatic heterocycles. The molecule has 0 aliphatic rings. The average molecular weight is 238 g/mol. The Hall–Kier alpha value is -1.68. The minimum absolute atomic E-state index is 0.441. The lowest BCUT2D eigenvalue weighted by atomic mass is 10.0. The molecule has 0 fully saturated rings. The third-order valence-electron chi connectivity index (χ3n) is 2.39. The van der Waals surface area contributed by atoms with Gasteiger partial charge in [0.2, 0.25) is 0 Å². The fourth-order valence-electron chi connectivity index (χ4n) is 1.66. The van der Waals surface area contributed by atoms with Gasteiger partial charge in [0.15, 0.2) is 0 Å². The fourth-order valence-corrected chi connectivity index (χ4v) is 1.89. The van der Waals surface area contributed by atoms with Crippen LogP contribution in [0.2, 0.25) is 5.02 Å². The largest absolute Gasteiger partial charge is 0.494 e. The zero-order chi connectivity index (χ0) is 11.7. The predicted octanol–water partition coefficient (Wildman–Crippen LogP) is 2.63. The third kappa shape index (κ3) is 1.72. The summed E-state index contributed by atoms with van der Waals surface area (Å²) in [7, 11) is 1.59. The van der Waals surface area contributed by atoms with Crippen molar-refractivity contribution in [3.05, 3.63) is 28.8 Å². The lowest BCUT2D eigenvalue weighted by Crippen LogP contribution is -1.92. The topological polar surface area (TPSA) is 63.9 Å². The van der Waals surface area contributed by atoms with Gasteiger partial charge in [-0.1, -0.05) is 17.7 Å². The van der Waals surface area contributed by atoms with Crippen LogP contribution in [0.15, 0.2) is 18.2 Å². The highest BCUT2D eigenvalue weighted by molar-refractivity contribution is 6.32. The second-order valence-electron chi connectivity index (χ2n) is 3.48. The van der Waals surface area contributed by atoms with E-state index >= 15 is 0 Å². The van der Waals surface area contributed by atoms with Crippen molar-refractivity contribution in [2.24, 2.45) is 0 Å². The molecular weight excluding hydrogens is 226 g/mol. The van der Waals surface area contributed by atoms with Gasteiger partial charge in [-0.3, -0.25) is 5.10 Å². The number of H-pyrrole nitrogens is 1. The van der Waals surface area contributed by atoms with Crippen LogP contribution in [0, 0.1) is 6.92 Å². The molecule has 0 aliphatic heterocycles. The summed E-state index contributed by atoms with van der Waals surface area (Å²) in [5.41, 5.74) is 8.31. The number of hydrogen-bond acceptors (Lipinski definition) is 3. The molecule has 0 amide bonds. The van der Waals surface area contributed by atoms with E-state index in [4.69, 9.17) is 22.1 Å². The molecule has 0 bridgehead atoms. The van der Waals surface area contributed by atoms with E-state index in [1.807, 2.05) is 13.0 Å². The Morgan fingerprint density at radius 2 is 2.19 bits per heavy atom. The third-order valence-corrected chi connectivity index (χ3v) is 2.69. The Bertz CT molecular complexity index is 522. The number of methoxy groups -OCH3 is 1. The molecule has 84 valence electrons. The first-order valence-corrected chi connectivity index (χ1v) is 5.15. The van der Waals surface area contributed by atoms with Crippen molar-refractivity contribution in [1.82, 2.24) is 10.2 Å². The van der Waals surface area contributed by atoms with Crippen molar-refractivity contribution in [2.75, 3.05) is 12.8 Å². The van der Waals surface area contributed by atoms with Gasteiger partial charge < -0.3 is 10.5 Å². The maximum absolute atomic E-state index is 6.07. The zero-order valence-electron chi connectivity index (χ0n) is 9.04. The highest BCUT2D eigenvalue weighted by Gasteiger charge is 2.14. The number of aromatic amines is 1. The van der Waals surface area contributed by atoms with Crippen LogP contribution in [0.25, 0.3) is 11.3 Å². The molecular formula is C11H12ClN3O. The summed E-state index contributed by atoms with van der Waals surface area (Å²) in [6.07, 6.45) is 0. The highest BCUT2D eigenvalue weighted by Crippen LogP contribution is 2.38. The van der Waals surface area contributed by atoms with E-state index < -0.39 is 0 Å². The summed E-state index contributed by atoms with van der Waals surface area (Å²) in [4.78, 5) is 0. The quantitative estimate of drug-likeness (QED) is 0.844. The van der Waals surface area contributed by atoms with Gasteiger partial charge in [-0.15, -0.1) is 0 Å². The number of nitrogens with two attached hydrogens (primary N) is 1. The molecule has 0 unspecified atom stereocenters. The molecule has 0 atom stereocenters. The Morgan fingerprint density at radius 3 is 2.75 bits per heavy atom. The van der Waals surface area contributed by atoms with E-state index in [9.17, 15) is 0 Å². The molecule has 0 aliphatic carbocycles. The van der Waals surface area contributed by atoms with Crippen LogP contribution in [-0.4, -0.2) is 17.3 Å². The maximum Gasteiger partial charge on any atom is 0.147 e. The summed E-state index contributed by atoms with van der Waals surface area (Å²) in [5.74, 6) is 1.07. The van der Waals surface area contributed by atoms with Crippen LogP contribution in [0.3, 0.4) is 0 Å². The van der Waals surface area contributed by atoms with Gasteiger partial charge in [0.1, 0.15) is 11.6 Å². The molecule has 2 rings (SSSR count). The summed E-state index contributed by atoms with van der Waals surface area (Å²) < 4.78 is 5.30. The van der Waals surface area contributed by atoms with E-state index in [1.54, 1.807) is 19.2 Å². The van der Waals surface area contributed by atoms with Crippen LogP contribution in [0.4, 0.5) is 5.82 Å². The summed E-state index contributed by atoms with van der Waals surface area (Å²) >= 11 is 6.07. The standard InChI is InChI=1S/C11H12ClN3O/c1-6-3-4-7(12)11(16-2)10(6)8-5-9(13)15-14-8/h3-5H,1-2H3,(H3,13,14,15). The van der Waals surface area contributed by atoms with E-state index in [2.05, 4.69) is 10.2 Å². The van der Waals surface area contributed by atoms with Gasteiger partial charge in [-0.05, 0) is 18.6 Å². The second-order valence-corrected chi connectivity index (χ2v) is 3.89. The number of nitrogen functional groups attached to an aromatic ring is 1. The molecule has 1 aromatic carbocycles. The smallest absolute Gasteiger partial charge is 0.147 e. The fraction of sp³-hybridized carbons (Fsp3) is 0.182. The van der Waals surface area contributed by atoms with Crippen LogP contribution < -0.4 is 10.5 Å². The number of halogens is 1. The minimum atomic E-state index is 0.441. The van der Waals surface area contributed by atoms with Crippen LogP contribution in [0.5, 0.6) is 5.75 Å². The summed E-state index contributed by atoms with van der Waals surface area (Å²) in [6, 6.07) is 5.48. The SMILES string of the molecule is COc1c(Cl)ccc(C)c1-c1cc(N)n[nH]1. The second kappa shape index (κ2) is 4.06. The molecule has 4 nitrogen and oxygen atoms in total. The van der Waals surface area contributed by atoms with Gasteiger partial charge in [0, 0.05) is 11.6 Å². The average Bonchev–Trinajstić information content (AvgIpc) is 2.67. The lowest BCUT2D eigenvalue weighted by Gasteiger charge is -2.11.